The second-order valence-corrected chi connectivity index (χ2v) is 9.97. The summed E-state index contributed by atoms with van der Waals surface area (Å²) >= 11 is 0. The van der Waals surface area contributed by atoms with Gasteiger partial charge in [0, 0.05) is 50.5 Å². The molecule has 2 aromatic rings. The van der Waals surface area contributed by atoms with Gasteiger partial charge in [0.15, 0.2) is 0 Å². The van der Waals surface area contributed by atoms with Gasteiger partial charge in [-0.05, 0) is 68.8 Å². The van der Waals surface area contributed by atoms with Gasteiger partial charge in [-0.2, -0.15) is 4.31 Å². The third-order valence-corrected chi connectivity index (χ3v) is 7.77. The Bertz CT molecular complexity index is 988. The first-order valence-corrected chi connectivity index (χ1v) is 11.9. The smallest absolute Gasteiger partial charge is 0.253 e. The van der Waals surface area contributed by atoms with Crippen LogP contribution >= 0.6 is 0 Å². The minimum atomic E-state index is -3.56. The van der Waals surface area contributed by atoms with E-state index in [1.807, 2.05) is 43.0 Å². The van der Waals surface area contributed by atoms with E-state index in [0.29, 0.717) is 18.7 Å². The van der Waals surface area contributed by atoms with Crippen molar-refractivity contribution >= 4 is 21.6 Å². The molecule has 3 rings (SSSR count). The zero-order chi connectivity index (χ0) is 22.6. The molecule has 0 N–H and O–H groups in total. The molecule has 8 heteroatoms. The molecule has 1 aliphatic rings. The maximum atomic E-state index is 13.0. The quantitative estimate of drug-likeness (QED) is 0.684. The van der Waals surface area contributed by atoms with Crippen molar-refractivity contribution in [3.05, 3.63) is 54.1 Å². The summed E-state index contributed by atoms with van der Waals surface area (Å²) < 4.78 is 31.8. The van der Waals surface area contributed by atoms with Crippen LogP contribution in [0.25, 0.3) is 0 Å². The SMILES string of the molecule is COc1ccc(N2CCCN(C(=O)c3ccc(S(=O)(=O)N(C)C(C)C)cc3)CC2)cc1. The van der Waals surface area contributed by atoms with Gasteiger partial charge in [0.25, 0.3) is 5.91 Å². The fourth-order valence-corrected chi connectivity index (χ4v) is 4.94. The first-order chi connectivity index (χ1) is 14.7. The molecular weight excluding hydrogens is 414 g/mol. The second-order valence-electron chi connectivity index (χ2n) is 7.97. The first kappa shape index (κ1) is 23.1. The van der Waals surface area contributed by atoms with Crippen molar-refractivity contribution in [3.8, 4) is 5.75 Å². The van der Waals surface area contributed by atoms with Gasteiger partial charge in [0.2, 0.25) is 10.0 Å². The fraction of sp³-hybridized carbons (Fsp3) is 0.435. The zero-order valence-corrected chi connectivity index (χ0v) is 19.4. The Hall–Kier alpha value is -2.58. The van der Waals surface area contributed by atoms with Crippen LogP contribution in [0.1, 0.15) is 30.6 Å². The number of nitrogens with zero attached hydrogens (tertiary/aromatic N) is 3. The molecule has 0 spiro atoms. The number of rotatable bonds is 6. The van der Waals surface area contributed by atoms with Crippen LogP contribution in [0.2, 0.25) is 0 Å². The maximum Gasteiger partial charge on any atom is 0.253 e. The number of ether oxygens (including phenoxy) is 1. The van der Waals surface area contributed by atoms with E-state index in [1.165, 1.54) is 16.4 Å². The molecule has 0 radical (unpaired) electrons. The summed E-state index contributed by atoms with van der Waals surface area (Å²) in [6.07, 6.45) is 0.864. The highest BCUT2D eigenvalue weighted by atomic mass is 32.2. The lowest BCUT2D eigenvalue weighted by Gasteiger charge is -2.24. The summed E-state index contributed by atoms with van der Waals surface area (Å²) in [5, 5.41) is 0. The Kier molecular flexibility index (Phi) is 7.23. The minimum Gasteiger partial charge on any atom is -0.497 e. The number of anilines is 1. The van der Waals surface area contributed by atoms with Gasteiger partial charge < -0.3 is 14.5 Å². The van der Waals surface area contributed by atoms with E-state index in [-0.39, 0.29) is 16.8 Å². The number of methoxy groups -OCH3 is 1. The van der Waals surface area contributed by atoms with Crippen LogP contribution < -0.4 is 9.64 Å². The number of hydrogen-bond acceptors (Lipinski definition) is 5. The summed E-state index contributed by atoms with van der Waals surface area (Å²) in [5.41, 5.74) is 1.61. The Morgan fingerprint density at radius 3 is 2.19 bits per heavy atom. The van der Waals surface area contributed by atoms with Crippen LogP contribution in [-0.4, -0.2) is 69.9 Å². The molecule has 0 saturated carbocycles. The zero-order valence-electron chi connectivity index (χ0n) is 18.6. The summed E-state index contributed by atoms with van der Waals surface area (Å²) in [5.74, 6) is 0.748. The highest BCUT2D eigenvalue weighted by Gasteiger charge is 2.24. The number of carbonyl (C=O) groups excluding carboxylic acids is 1. The first-order valence-electron chi connectivity index (χ1n) is 10.5. The molecule has 1 saturated heterocycles. The molecule has 1 aliphatic heterocycles. The predicted octanol–water partition coefficient (Wildman–Crippen LogP) is 3.08. The Labute approximate surface area is 185 Å². The topological polar surface area (TPSA) is 70.2 Å². The fourth-order valence-electron chi connectivity index (χ4n) is 3.57. The van der Waals surface area contributed by atoms with Crippen LogP contribution in [0, 0.1) is 0 Å². The van der Waals surface area contributed by atoms with Gasteiger partial charge in [-0.25, -0.2) is 8.42 Å². The molecular formula is C23H31N3O4S. The van der Waals surface area contributed by atoms with Crippen LogP contribution in [0.4, 0.5) is 5.69 Å². The van der Waals surface area contributed by atoms with Crippen molar-refractivity contribution in [2.45, 2.75) is 31.2 Å². The lowest BCUT2D eigenvalue weighted by molar-refractivity contribution is 0.0767. The van der Waals surface area contributed by atoms with E-state index >= 15 is 0 Å². The average Bonchev–Trinajstić information content (AvgIpc) is 3.04. The van der Waals surface area contributed by atoms with E-state index in [4.69, 9.17) is 4.74 Å². The van der Waals surface area contributed by atoms with Crippen LogP contribution in [-0.2, 0) is 10.0 Å². The van der Waals surface area contributed by atoms with Gasteiger partial charge in [0.05, 0.1) is 12.0 Å². The summed E-state index contributed by atoms with van der Waals surface area (Å²) in [6.45, 7) is 6.54. The van der Waals surface area contributed by atoms with E-state index in [1.54, 1.807) is 26.3 Å². The third-order valence-electron chi connectivity index (χ3n) is 5.73. The molecule has 0 aliphatic carbocycles. The molecule has 168 valence electrons. The van der Waals surface area contributed by atoms with Crippen molar-refractivity contribution in [1.82, 2.24) is 9.21 Å². The van der Waals surface area contributed by atoms with E-state index in [2.05, 4.69) is 4.90 Å². The molecule has 0 unspecified atom stereocenters. The number of amides is 1. The lowest BCUT2D eigenvalue weighted by atomic mass is 10.2. The Morgan fingerprint density at radius 1 is 0.968 bits per heavy atom. The van der Waals surface area contributed by atoms with Crippen LogP contribution in [0.5, 0.6) is 5.75 Å². The predicted molar refractivity (Wildman–Crippen MR) is 122 cm³/mol. The Morgan fingerprint density at radius 2 is 1.61 bits per heavy atom. The van der Waals surface area contributed by atoms with Crippen molar-refractivity contribution in [3.63, 3.8) is 0 Å². The van der Waals surface area contributed by atoms with Crippen molar-refractivity contribution < 1.29 is 17.9 Å². The van der Waals surface area contributed by atoms with Crippen LogP contribution in [0.3, 0.4) is 0 Å². The van der Waals surface area contributed by atoms with Crippen molar-refractivity contribution in [2.24, 2.45) is 0 Å². The largest absolute Gasteiger partial charge is 0.497 e. The monoisotopic (exact) mass is 445 g/mol. The van der Waals surface area contributed by atoms with Gasteiger partial charge in [0.1, 0.15) is 5.75 Å². The summed E-state index contributed by atoms with van der Waals surface area (Å²) in [7, 11) is -0.353. The van der Waals surface area contributed by atoms with Crippen LogP contribution in [0.15, 0.2) is 53.4 Å². The normalized spacial score (nSPS) is 15.3. The second kappa shape index (κ2) is 9.70. The highest BCUT2D eigenvalue weighted by molar-refractivity contribution is 7.89. The molecule has 2 aromatic carbocycles. The molecule has 7 nitrogen and oxygen atoms in total. The molecule has 0 bridgehead atoms. The molecule has 0 atom stereocenters. The highest BCUT2D eigenvalue weighted by Crippen LogP contribution is 2.22. The maximum absolute atomic E-state index is 13.0. The molecule has 1 amide bonds. The summed E-state index contributed by atoms with van der Waals surface area (Å²) in [6, 6.07) is 14.0. The van der Waals surface area contributed by atoms with Crippen molar-refractivity contribution in [1.29, 1.82) is 0 Å². The van der Waals surface area contributed by atoms with Gasteiger partial charge in [-0.1, -0.05) is 0 Å². The molecule has 1 heterocycles. The number of carbonyl (C=O) groups is 1. The average molecular weight is 446 g/mol. The molecule has 1 fully saturated rings. The number of sulfonamides is 1. The molecule has 0 aromatic heterocycles. The number of hydrogen-bond donors (Lipinski definition) is 0. The van der Waals surface area contributed by atoms with E-state index in [9.17, 15) is 13.2 Å². The number of benzene rings is 2. The van der Waals surface area contributed by atoms with Gasteiger partial charge >= 0.3 is 0 Å². The lowest BCUT2D eigenvalue weighted by Crippen LogP contribution is -2.35. The van der Waals surface area contributed by atoms with Gasteiger partial charge in [-0.3, -0.25) is 4.79 Å². The Balaban J connectivity index is 1.67. The standard InChI is InChI=1S/C23H31N3O4S/c1-18(2)24(3)31(28,29)22-12-6-19(7-13-22)23(27)26-15-5-14-25(16-17-26)20-8-10-21(30-4)11-9-20/h6-13,18H,5,14-17H2,1-4H3. The molecule has 31 heavy (non-hydrogen) atoms. The van der Waals surface area contributed by atoms with Gasteiger partial charge in [-0.15, -0.1) is 0 Å². The summed E-state index contributed by atoms with van der Waals surface area (Å²) in [4.78, 5) is 17.3. The van der Waals surface area contributed by atoms with Crippen molar-refractivity contribution in [2.75, 3.05) is 45.2 Å². The minimum absolute atomic E-state index is 0.0715. The third kappa shape index (κ3) is 5.19. The van der Waals surface area contributed by atoms with E-state index in [0.717, 1.165) is 30.9 Å². The van der Waals surface area contributed by atoms with E-state index < -0.39 is 10.0 Å².